The van der Waals surface area contributed by atoms with Crippen LogP contribution in [0.5, 0.6) is 11.5 Å². The average molecular weight is 441 g/mol. The second-order valence-corrected chi connectivity index (χ2v) is 9.28. The number of methoxy groups -OCH3 is 1. The fourth-order valence-corrected chi connectivity index (χ4v) is 3.40. The van der Waals surface area contributed by atoms with E-state index in [0.29, 0.717) is 11.5 Å². The number of hydrogen-bond donors (Lipinski definition) is 1. The van der Waals surface area contributed by atoms with E-state index in [1.54, 1.807) is 18.9 Å². The van der Waals surface area contributed by atoms with Crippen LogP contribution in [0.2, 0.25) is 0 Å². The Bertz CT molecular complexity index is 963. The summed E-state index contributed by atoms with van der Waals surface area (Å²) in [4.78, 5) is 27.7. The number of rotatable bonds is 8. The Labute approximate surface area is 191 Å². The van der Waals surface area contributed by atoms with Crippen LogP contribution in [0.4, 0.5) is 0 Å². The van der Waals surface area contributed by atoms with Crippen LogP contribution in [0.3, 0.4) is 0 Å². The van der Waals surface area contributed by atoms with E-state index < -0.39 is 11.6 Å². The second-order valence-electron chi connectivity index (χ2n) is 9.28. The van der Waals surface area contributed by atoms with Crippen molar-refractivity contribution in [3.8, 4) is 11.5 Å². The third kappa shape index (κ3) is 7.01. The molecular formula is C26H36N2O4. The number of carbonyl (C=O) groups is 2. The number of ether oxygens (including phenoxy) is 2. The van der Waals surface area contributed by atoms with E-state index in [-0.39, 0.29) is 25.0 Å². The Kier molecular flexibility index (Phi) is 8.31. The highest BCUT2D eigenvalue weighted by Crippen LogP contribution is 2.24. The smallest absolute Gasteiger partial charge is 0.261 e. The molecule has 0 fully saturated rings. The molecule has 174 valence electrons. The van der Waals surface area contributed by atoms with E-state index in [2.05, 4.69) is 11.4 Å². The first-order valence-corrected chi connectivity index (χ1v) is 10.9. The molecule has 0 aromatic heterocycles. The lowest BCUT2D eigenvalue weighted by molar-refractivity contribution is -0.142. The van der Waals surface area contributed by atoms with Gasteiger partial charge in [0.1, 0.15) is 17.5 Å². The first kappa shape index (κ1) is 25.2. The van der Waals surface area contributed by atoms with Crippen molar-refractivity contribution in [2.75, 3.05) is 13.7 Å². The standard InChI is InChI=1S/C26H36N2O4/c1-17-12-18(2)19(3)23(13-17)32-16-24(29)28(20(4)25(30)27-26(5,6)7)15-21-10-9-11-22(14-21)31-8/h9-14,20H,15-16H2,1-8H3,(H,27,30)/t20-/m1/s1. The molecule has 2 aromatic carbocycles. The Balaban J connectivity index is 2.26. The molecule has 1 N–H and O–H groups in total. The summed E-state index contributed by atoms with van der Waals surface area (Å²) in [6, 6.07) is 10.8. The minimum Gasteiger partial charge on any atom is -0.497 e. The van der Waals surface area contributed by atoms with Gasteiger partial charge in [-0.05, 0) is 88.9 Å². The van der Waals surface area contributed by atoms with E-state index in [1.165, 1.54) is 0 Å². The fraction of sp³-hybridized carbons (Fsp3) is 0.462. The fourth-order valence-electron chi connectivity index (χ4n) is 3.40. The lowest BCUT2D eigenvalue weighted by Crippen LogP contribution is -2.53. The predicted octanol–water partition coefficient (Wildman–Crippen LogP) is 4.33. The molecule has 6 nitrogen and oxygen atoms in total. The van der Waals surface area contributed by atoms with Crippen molar-refractivity contribution < 1.29 is 19.1 Å². The second kappa shape index (κ2) is 10.5. The number of aryl methyl sites for hydroxylation is 2. The molecule has 2 amide bonds. The van der Waals surface area contributed by atoms with Crippen LogP contribution >= 0.6 is 0 Å². The van der Waals surface area contributed by atoms with Crippen molar-refractivity contribution in [1.29, 1.82) is 0 Å². The molecule has 32 heavy (non-hydrogen) atoms. The van der Waals surface area contributed by atoms with Gasteiger partial charge >= 0.3 is 0 Å². The zero-order chi connectivity index (χ0) is 24.1. The number of hydrogen-bond acceptors (Lipinski definition) is 4. The highest BCUT2D eigenvalue weighted by molar-refractivity contribution is 5.88. The minimum absolute atomic E-state index is 0.152. The molecule has 0 aliphatic carbocycles. The van der Waals surface area contributed by atoms with Gasteiger partial charge in [-0.2, -0.15) is 0 Å². The van der Waals surface area contributed by atoms with Gasteiger partial charge in [0.05, 0.1) is 7.11 Å². The molecule has 2 rings (SSSR count). The van der Waals surface area contributed by atoms with Crippen molar-refractivity contribution >= 4 is 11.8 Å². The van der Waals surface area contributed by atoms with Gasteiger partial charge in [-0.1, -0.05) is 18.2 Å². The SMILES string of the molecule is COc1cccc(CN(C(=O)COc2cc(C)cc(C)c2C)[C@H](C)C(=O)NC(C)(C)C)c1. The summed E-state index contributed by atoms with van der Waals surface area (Å²) >= 11 is 0. The number of benzene rings is 2. The maximum absolute atomic E-state index is 13.3. The maximum atomic E-state index is 13.3. The van der Waals surface area contributed by atoms with Crippen LogP contribution in [-0.4, -0.2) is 42.0 Å². The zero-order valence-corrected chi connectivity index (χ0v) is 20.5. The summed E-state index contributed by atoms with van der Waals surface area (Å²) in [7, 11) is 1.60. The number of carbonyl (C=O) groups excluding carboxylic acids is 2. The highest BCUT2D eigenvalue weighted by Gasteiger charge is 2.29. The van der Waals surface area contributed by atoms with Gasteiger partial charge in [0, 0.05) is 12.1 Å². The Morgan fingerprint density at radius 1 is 1.09 bits per heavy atom. The normalized spacial score (nSPS) is 12.1. The summed E-state index contributed by atoms with van der Waals surface area (Å²) in [6.07, 6.45) is 0. The first-order chi connectivity index (χ1) is 14.9. The summed E-state index contributed by atoms with van der Waals surface area (Å²) < 4.78 is 11.2. The molecule has 0 saturated heterocycles. The average Bonchev–Trinajstić information content (AvgIpc) is 2.71. The number of nitrogens with one attached hydrogen (secondary N) is 1. The lowest BCUT2D eigenvalue weighted by atomic mass is 10.1. The summed E-state index contributed by atoms with van der Waals surface area (Å²) in [5.74, 6) is 0.909. The molecule has 0 radical (unpaired) electrons. The topological polar surface area (TPSA) is 67.9 Å². The number of amides is 2. The Morgan fingerprint density at radius 2 is 1.78 bits per heavy atom. The van der Waals surface area contributed by atoms with Gasteiger partial charge in [0.15, 0.2) is 6.61 Å². The Hall–Kier alpha value is -3.02. The van der Waals surface area contributed by atoms with Crippen molar-refractivity contribution in [2.45, 2.75) is 66.6 Å². The monoisotopic (exact) mass is 440 g/mol. The van der Waals surface area contributed by atoms with Crippen LogP contribution in [0, 0.1) is 20.8 Å². The molecule has 0 aliphatic heterocycles. The molecule has 0 unspecified atom stereocenters. The van der Waals surface area contributed by atoms with Crippen LogP contribution < -0.4 is 14.8 Å². The van der Waals surface area contributed by atoms with Crippen LogP contribution in [0.15, 0.2) is 36.4 Å². The van der Waals surface area contributed by atoms with Crippen LogP contribution in [-0.2, 0) is 16.1 Å². The van der Waals surface area contributed by atoms with Gasteiger partial charge in [-0.3, -0.25) is 9.59 Å². The number of nitrogens with zero attached hydrogens (tertiary/aromatic N) is 1. The zero-order valence-electron chi connectivity index (χ0n) is 20.5. The largest absolute Gasteiger partial charge is 0.497 e. The first-order valence-electron chi connectivity index (χ1n) is 10.9. The van der Waals surface area contributed by atoms with Gasteiger partial charge in [-0.15, -0.1) is 0 Å². The van der Waals surface area contributed by atoms with Gasteiger partial charge in [0.2, 0.25) is 5.91 Å². The highest BCUT2D eigenvalue weighted by atomic mass is 16.5. The molecule has 0 spiro atoms. The molecule has 0 heterocycles. The van der Waals surface area contributed by atoms with Crippen molar-refractivity contribution in [1.82, 2.24) is 10.2 Å². The van der Waals surface area contributed by atoms with Gasteiger partial charge < -0.3 is 19.7 Å². The van der Waals surface area contributed by atoms with E-state index in [9.17, 15) is 9.59 Å². The molecule has 2 aromatic rings. The third-order valence-electron chi connectivity index (χ3n) is 5.27. The van der Waals surface area contributed by atoms with E-state index >= 15 is 0 Å². The van der Waals surface area contributed by atoms with E-state index in [1.807, 2.05) is 71.9 Å². The quantitative estimate of drug-likeness (QED) is 0.663. The van der Waals surface area contributed by atoms with Crippen LogP contribution in [0.1, 0.15) is 49.9 Å². The van der Waals surface area contributed by atoms with Crippen LogP contribution in [0.25, 0.3) is 0 Å². The van der Waals surface area contributed by atoms with Crippen molar-refractivity contribution in [3.05, 3.63) is 58.7 Å². The summed E-state index contributed by atoms with van der Waals surface area (Å²) in [5, 5.41) is 2.96. The molecule has 6 heteroatoms. The molecule has 0 saturated carbocycles. The van der Waals surface area contributed by atoms with Gasteiger partial charge in [-0.25, -0.2) is 0 Å². The van der Waals surface area contributed by atoms with E-state index in [0.717, 1.165) is 22.3 Å². The maximum Gasteiger partial charge on any atom is 0.261 e. The summed E-state index contributed by atoms with van der Waals surface area (Å²) in [6.45, 7) is 13.6. The summed E-state index contributed by atoms with van der Waals surface area (Å²) in [5.41, 5.74) is 3.65. The molecule has 0 bridgehead atoms. The minimum atomic E-state index is -0.670. The van der Waals surface area contributed by atoms with Crippen molar-refractivity contribution in [3.63, 3.8) is 0 Å². The third-order valence-corrected chi connectivity index (χ3v) is 5.27. The van der Waals surface area contributed by atoms with Crippen molar-refractivity contribution in [2.24, 2.45) is 0 Å². The van der Waals surface area contributed by atoms with Gasteiger partial charge in [0.25, 0.3) is 5.91 Å². The van der Waals surface area contributed by atoms with E-state index in [4.69, 9.17) is 9.47 Å². The molecule has 0 aliphatic rings. The Morgan fingerprint density at radius 3 is 2.41 bits per heavy atom. The predicted molar refractivity (Wildman–Crippen MR) is 127 cm³/mol. The lowest BCUT2D eigenvalue weighted by Gasteiger charge is -2.31. The molecular weight excluding hydrogens is 404 g/mol. The molecule has 1 atom stereocenters.